The molecule has 35 heavy (non-hydrogen) atoms. The lowest BCUT2D eigenvalue weighted by Gasteiger charge is -2.28. The highest BCUT2D eigenvalue weighted by Gasteiger charge is 2.19. The molecule has 1 aliphatic heterocycles. The Bertz CT molecular complexity index is 1380. The number of hydrogen-bond donors (Lipinski definition) is 1. The van der Waals surface area contributed by atoms with Crippen molar-refractivity contribution in [1.82, 2.24) is 19.4 Å². The summed E-state index contributed by atoms with van der Waals surface area (Å²) >= 11 is 6.36. The average Bonchev–Trinajstić information content (AvgIpc) is 3.26. The molecule has 4 heterocycles. The van der Waals surface area contributed by atoms with Crippen molar-refractivity contribution in [1.29, 1.82) is 0 Å². The molecule has 1 saturated heterocycles. The Kier molecular flexibility index (Phi) is 6.67. The van der Waals surface area contributed by atoms with Crippen LogP contribution in [-0.4, -0.2) is 53.2 Å². The van der Waals surface area contributed by atoms with Crippen LogP contribution in [0.25, 0.3) is 22.2 Å². The molecular weight excluding hydrogens is 458 g/mol. The minimum atomic E-state index is -0.140. The Morgan fingerprint density at radius 2 is 1.91 bits per heavy atom. The predicted octanol–water partition coefficient (Wildman–Crippen LogP) is 5.49. The van der Waals surface area contributed by atoms with Crippen LogP contribution in [0.4, 0.5) is 5.69 Å². The fourth-order valence-corrected chi connectivity index (χ4v) is 5.43. The van der Waals surface area contributed by atoms with Crippen molar-refractivity contribution in [3.63, 3.8) is 0 Å². The van der Waals surface area contributed by atoms with Gasteiger partial charge in [0.1, 0.15) is 5.65 Å². The van der Waals surface area contributed by atoms with Crippen LogP contribution in [0, 0.1) is 6.92 Å². The smallest absolute Gasteiger partial charge is 0.251 e. The zero-order valence-electron chi connectivity index (χ0n) is 20.6. The number of nitrogens with one attached hydrogen (secondary N) is 1. The highest BCUT2D eigenvalue weighted by atomic mass is 35.5. The number of piperidine rings is 1. The van der Waals surface area contributed by atoms with Crippen LogP contribution in [0.15, 0.2) is 59.8 Å². The summed E-state index contributed by atoms with van der Waals surface area (Å²) in [5.41, 5.74) is 5.94. The van der Waals surface area contributed by atoms with Crippen LogP contribution < -0.4 is 10.5 Å². The molecule has 1 aromatic carbocycles. The van der Waals surface area contributed by atoms with Crippen molar-refractivity contribution < 1.29 is 0 Å². The minimum absolute atomic E-state index is 0.0403. The molecule has 1 N–H and O–H groups in total. The van der Waals surface area contributed by atoms with Gasteiger partial charge in [0.15, 0.2) is 0 Å². The van der Waals surface area contributed by atoms with E-state index in [0.717, 1.165) is 52.1 Å². The highest BCUT2D eigenvalue weighted by Crippen LogP contribution is 2.31. The first-order chi connectivity index (χ1) is 16.9. The van der Waals surface area contributed by atoms with Crippen molar-refractivity contribution in [2.45, 2.75) is 32.2 Å². The highest BCUT2D eigenvalue weighted by molar-refractivity contribution is 6.30. The molecule has 0 saturated carbocycles. The number of halogens is 1. The molecule has 7 heteroatoms. The van der Waals surface area contributed by atoms with Gasteiger partial charge in [-0.1, -0.05) is 17.7 Å². The molecule has 1 fully saturated rings. The van der Waals surface area contributed by atoms with Gasteiger partial charge in [0.2, 0.25) is 0 Å². The molecule has 0 unspecified atom stereocenters. The lowest BCUT2D eigenvalue weighted by atomic mass is 10.0. The van der Waals surface area contributed by atoms with Gasteiger partial charge in [0.05, 0.1) is 17.9 Å². The third-order valence-corrected chi connectivity index (χ3v) is 7.04. The first-order valence-electron chi connectivity index (χ1n) is 12.3. The van der Waals surface area contributed by atoms with E-state index in [0.29, 0.717) is 11.6 Å². The first-order valence-corrected chi connectivity index (χ1v) is 12.6. The number of fused-ring (bicyclic) bond motifs is 1. The summed E-state index contributed by atoms with van der Waals surface area (Å²) < 4.78 is 1.81. The van der Waals surface area contributed by atoms with Gasteiger partial charge < -0.3 is 19.4 Å². The number of benzene rings is 1. The van der Waals surface area contributed by atoms with E-state index >= 15 is 0 Å². The third-order valence-electron chi connectivity index (χ3n) is 6.82. The van der Waals surface area contributed by atoms with Crippen molar-refractivity contribution in [2.24, 2.45) is 0 Å². The van der Waals surface area contributed by atoms with Crippen LogP contribution in [0.5, 0.6) is 0 Å². The average molecular weight is 490 g/mol. The van der Waals surface area contributed by atoms with Crippen LogP contribution in [-0.2, 0) is 0 Å². The molecule has 6 nitrogen and oxygen atoms in total. The molecule has 0 spiro atoms. The Morgan fingerprint density at radius 1 is 1.11 bits per heavy atom. The zero-order chi connectivity index (χ0) is 24.5. The Hall–Kier alpha value is -3.09. The first kappa shape index (κ1) is 23.6. The standard InChI is InChI=1S/C28H32ClN5O/c1-19-11-21(13-22(29)12-19)26(18-32(2)3)34-10-7-20(14-27(34)35)25-17-31-28-24(25)15-23(16-30-28)33-8-5-4-6-9-33/h7,10-17,26H,4-6,8-9,18H2,1-3H3,(H,30,31)/t26-/m1/s1. The molecule has 1 atom stereocenters. The third kappa shape index (κ3) is 5.00. The summed E-state index contributed by atoms with van der Waals surface area (Å²) in [6.07, 6.45) is 9.54. The number of pyridine rings is 2. The fraction of sp³-hybridized carbons (Fsp3) is 0.357. The molecule has 182 valence electrons. The van der Waals surface area contributed by atoms with Crippen molar-refractivity contribution in [3.8, 4) is 11.1 Å². The number of aryl methyl sites for hydroxylation is 1. The number of nitrogens with zero attached hydrogens (tertiary/aromatic N) is 4. The summed E-state index contributed by atoms with van der Waals surface area (Å²) in [7, 11) is 4.03. The number of hydrogen-bond acceptors (Lipinski definition) is 4. The summed E-state index contributed by atoms with van der Waals surface area (Å²) in [6, 6.07) is 11.8. The lowest BCUT2D eigenvalue weighted by molar-refractivity contribution is 0.346. The summed E-state index contributed by atoms with van der Waals surface area (Å²) in [6.45, 7) is 4.85. The van der Waals surface area contributed by atoms with Gasteiger partial charge in [-0.2, -0.15) is 0 Å². The Balaban J connectivity index is 1.53. The summed E-state index contributed by atoms with van der Waals surface area (Å²) in [5.74, 6) is 0. The Labute approximate surface area is 211 Å². The maximum Gasteiger partial charge on any atom is 0.251 e. The van der Waals surface area contributed by atoms with Crippen molar-refractivity contribution in [3.05, 3.63) is 81.5 Å². The molecule has 0 radical (unpaired) electrons. The number of rotatable bonds is 6. The molecule has 4 aromatic rings. The summed E-state index contributed by atoms with van der Waals surface area (Å²) in [4.78, 5) is 25.9. The second-order valence-electron chi connectivity index (χ2n) is 9.84. The van der Waals surface area contributed by atoms with Crippen LogP contribution in [0.2, 0.25) is 5.02 Å². The molecule has 0 aliphatic carbocycles. The molecule has 0 bridgehead atoms. The van der Waals surface area contributed by atoms with E-state index in [4.69, 9.17) is 11.6 Å². The molecular formula is C28H32ClN5O. The topological polar surface area (TPSA) is 57.2 Å². The molecule has 3 aromatic heterocycles. The SMILES string of the molecule is Cc1cc(Cl)cc([C@@H](CN(C)C)n2ccc(-c3c[nH]c4ncc(N5CCCCC5)cc34)cc2=O)c1. The van der Waals surface area contributed by atoms with Crippen LogP contribution >= 0.6 is 11.6 Å². The van der Waals surface area contributed by atoms with Gasteiger partial charge >= 0.3 is 0 Å². The predicted molar refractivity (Wildman–Crippen MR) is 145 cm³/mol. The van der Waals surface area contributed by atoms with E-state index in [2.05, 4.69) is 31.9 Å². The van der Waals surface area contributed by atoms with E-state index in [-0.39, 0.29) is 11.6 Å². The fourth-order valence-electron chi connectivity index (χ4n) is 5.13. The number of H-pyrrole nitrogens is 1. The van der Waals surface area contributed by atoms with Crippen molar-refractivity contribution in [2.75, 3.05) is 38.6 Å². The lowest BCUT2D eigenvalue weighted by Crippen LogP contribution is -2.32. The number of aromatic amines is 1. The zero-order valence-corrected chi connectivity index (χ0v) is 21.3. The number of likely N-dealkylation sites (N-methyl/N-ethyl adjacent to an activating group) is 1. The minimum Gasteiger partial charge on any atom is -0.370 e. The number of anilines is 1. The van der Waals surface area contributed by atoms with Gasteiger partial charge in [0, 0.05) is 54.1 Å². The monoisotopic (exact) mass is 489 g/mol. The van der Waals surface area contributed by atoms with Gasteiger partial charge in [0.25, 0.3) is 5.56 Å². The quantitative estimate of drug-likeness (QED) is 0.389. The second kappa shape index (κ2) is 9.88. The van der Waals surface area contributed by atoms with E-state index in [9.17, 15) is 4.79 Å². The van der Waals surface area contributed by atoms with E-state index < -0.39 is 0 Å². The van der Waals surface area contributed by atoms with Gasteiger partial charge in [-0.25, -0.2) is 4.98 Å². The molecule has 5 rings (SSSR count). The summed E-state index contributed by atoms with van der Waals surface area (Å²) in [5, 5.41) is 1.73. The second-order valence-corrected chi connectivity index (χ2v) is 10.3. The normalized spacial score (nSPS) is 15.2. The number of aromatic nitrogens is 3. The van der Waals surface area contributed by atoms with E-state index in [1.807, 2.05) is 57.8 Å². The largest absolute Gasteiger partial charge is 0.370 e. The molecule has 1 aliphatic rings. The van der Waals surface area contributed by atoms with Gasteiger partial charge in [-0.15, -0.1) is 0 Å². The van der Waals surface area contributed by atoms with E-state index in [1.54, 1.807) is 10.6 Å². The maximum absolute atomic E-state index is 13.4. The van der Waals surface area contributed by atoms with Gasteiger partial charge in [-0.05, 0) is 81.2 Å². The van der Waals surface area contributed by atoms with Gasteiger partial charge in [-0.3, -0.25) is 4.79 Å². The Morgan fingerprint density at radius 3 is 2.63 bits per heavy atom. The van der Waals surface area contributed by atoms with Crippen LogP contribution in [0.3, 0.4) is 0 Å². The van der Waals surface area contributed by atoms with E-state index in [1.165, 1.54) is 19.3 Å². The van der Waals surface area contributed by atoms with Crippen molar-refractivity contribution >= 4 is 28.3 Å². The molecule has 0 amide bonds. The van der Waals surface area contributed by atoms with Crippen LogP contribution in [0.1, 0.15) is 36.4 Å². The maximum atomic E-state index is 13.4.